The highest BCUT2D eigenvalue weighted by Crippen LogP contribution is 2.54. The molecule has 3 heterocycles. The van der Waals surface area contributed by atoms with Crippen LogP contribution in [0.3, 0.4) is 0 Å². The molecule has 0 unspecified atom stereocenters. The quantitative estimate of drug-likeness (QED) is 0.523. The average Bonchev–Trinajstić information content (AvgIpc) is 3.19. The number of thiophene rings is 1. The Hall–Kier alpha value is -2.51. The van der Waals surface area contributed by atoms with Gasteiger partial charge in [-0.05, 0) is 63.0 Å². The lowest BCUT2D eigenvalue weighted by Gasteiger charge is -2.15. The Bertz CT molecular complexity index is 1380. The van der Waals surface area contributed by atoms with E-state index in [0.717, 1.165) is 66.4 Å². The lowest BCUT2D eigenvalue weighted by Crippen LogP contribution is -2.33. The van der Waals surface area contributed by atoms with Crippen LogP contribution in [0.25, 0.3) is 5.00 Å². The van der Waals surface area contributed by atoms with Crippen LogP contribution in [0, 0.1) is 12.8 Å². The number of halogens is 1. The second kappa shape index (κ2) is 8.00. The molecule has 1 N–H and O–H groups in total. The molecule has 1 aromatic carbocycles. The van der Waals surface area contributed by atoms with Crippen molar-refractivity contribution in [3.05, 3.63) is 62.5 Å². The Balaban J connectivity index is 1.29. The Kier molecular flexibility index (Phi) is 4.97. The van der Waals surface area contributed by atoms with Crippen LogP contribution in [-0.2, 0) is 23.2 Å². The first-order valence-corrected chi connectivity index (χ1v) is 13.9. The molecule has 0 radical (unpaired) electrons. The zero-order valence-electron chi connectivity index (χ0n) is 19.8. The summed E-state index contributed by atoms with van der Waals surface area (Å²) in [5, 5.41) is 14.2. The van der Waals surface area contributed by atoms with E-state index in [0.29, 0.717) is 23.4 Å². The fraction of sp³-hybridized carbons (Fsp3) is 0.481. The van der Waals surface area contributed by atoms with Crippen molar-refractivity contribution in [1.29, 1.82) is 0 Å². The summed E-state index contributed by atoms with van der Waals surface area (Å²) in [6.07, 6.45) is 9.07. The van der Waals surface area contributed by atoms with E-state index in [1.165, 1.54) is 28.8 Å². The fourth-order valence-electron chi connectivity index (χ4n) is 6.20. The number of aromatic nitrogens is 3. The number of aliphatic imine (C=N–C) groups is 1. The van der Waals surface area contributed by atoms with E-state index in [1.54, 1.807) is 0 Å². The van der Waals surface area contributed by atoms with Gasteiger partial charge in [-0.15, -0.1) is 21.5 Å². The van der Waals surface area contributed by atoms with Crippen molar-refractivity contribution in [2.45, 2.75) is 76.3 Å². The van der Waals surface area contributed by atoms with Crippen molar-refractivity contribution >= 4 is 34.6 Å². The molecule has 2 fully saturated rings. The van der Waals surface area contributed by atoms with Crippen LogP contribution >= 0.6 is 22.9 Å². The van der Waals surface area contributed by atoms with Crippen LogP contribution in [0.4, 0.5) is 0 Å². The molecule has 3 aliphatic carbocycles. The van der Waals surface area contributed by atoms with Gasteiger partial charge >= 0.3 is 0 Å². The van der Waals surface area contributed by atoms with Gasteiger partial charge in [-0.2, -0.15) is 0 Å². The number of fused-ring (bicyclic) bond motifs is 6. The smallest absolute Gasteiger partial charge is 0.220 e. The van der Waals surface area contributed by atoms with E-state index in [2.05, 4.69) is 26.1 Å². The van der Waals surface area contributed by atoms with Gasteiger partial charge in [0, 0.05) is 33.5 Å². The molecule has 1 aliphatic heterocycles. The fourth-order valence-corrected chi connectivity index (χ4v) is 7.91. The molecule has 6 nitrogen and oxygen atoms in total. The molecule has 1 spiro atoms. The SMILES string of the molecule is Cc1nnc2n1-c1sc3c(c1C(c1ccccc1Cl)=NC21CC1)C[C@H](CC(=O)NC1CCCC1)C3. The molecule has 0 saturated heterocycles. The zero-order valence-corrected chi connectivity index (χ0v) is 21.4. The normalized spacial score (nSPS) is 21.9. The van der Waals surface area contributed by atoms with E-state index in [1.807, 2.05) is 36.5 Å². The average molecular weight is 506 g/mol. The molecule has 3 aromatic rings. The van der Waals surface area contributed by atoms with Crippen molar-refractivity contribution in [1.82, 2.24) is 20.1 Å². The molecule has 8 heteroatoms. The maximum absolute atomic E-state index is 12.8. The molecule has 1 amide bonds. The third-order valence-electron chi connectivity index (χ3n) is 8.09. The first-order valence-electron chi connectivity index (χ1n) is 12.7. The van der Waals surface area contributed by atoms with Crippen molar-refractivity contribution < 1.29 is 4.79 Å². The summed E-state index contributed by atoms with van der Waals surface area (Å²) in [6.45, 7) is 2.03. The predicted octanol–water partition coefficient (Wildman–Crippen LogP) is 5.29. The highest BCUT2D eigenvalue weighted by molar-refractivity contribution is 7.15. The van der Waals surface area contributed by atoms with Gasteiger partial charge in [-0.25, -0.2) is 0 Å². The monoisotopic (exact) mass is 505 g/mol. The number of benzene rings is 1. The largest absolute Gasteiger partial charge is 0.353 e. The van der Waals surface area contributed by atoms with Gasteiger partial charge in [0.25, 0.3) is 0 Å². The molecule has 2 aromatic heterocycles. The maximum Gasteiger partial charge on any atom is 0.220 e. The second-order valence-corrected chi connectivity index (χ2v) is 12.1. The van der Waals surface area contributed by atoms with E-state index in [4.69, 9.17) is 16.6 Å². The standard InChI is InChI=1S/C27H28ClN5OS/c1-15-31-32-26-27(10-11-27)30-24(18-8-4-5-9-20(18)28)23-19-12-16(13-21(19)35-25(23)33(15)26)14-22(34)29-17-6-2-3-7-17/h4-5,8-9,16-17H,2-3,6-7,10-14H2,1H3,(H,29,34)/t16-/m0/s1. The van der Waals surface area contributed by atoms with Gasteiger partial charge in [0.05, 0.1) is 5.71 Å². The molecule has 0 bridgehead atoms. The third kappa shape index (κ3) is 3.50. The Labute approximate surface area is 213 Å². The van der Waals surface area contributed by atoms with Crippen LogP contribution in [0.1, 0.15) is 78.2 Å². The van der Waals surface area contributed by atoms with Gasteiger partial charge in [-0.3, -0.25) is 14.4 Å². The van der Waals surface area contributed by atoms with Crippen molar-refractivity contribution in [2.75, 3.05) is 0 Å². The molecule has 1 atom stereocenters. The summed E-state index contributed by atoms with van der Waals surface area (Å²) in [4.78, 5) is 19.5. The summed E-state index contributed by atoms with van der Waals surface area (Å²) in [5.41, 5.74) is 4.13. The number of hydrogen-bond donors (Lipinski definition) is 1. The third-order valence-corrected chi connectivity index (χ3v) is 9.66. The minimum absolute atomic E-state index is 0.206. The lowest BCUT2D eigenvalue weighted by molar-refractivity contribution is -0.122. The predicted molar refractivity (Wildman–Crippen MR) is 138 cm³/mol. The van der Waals surface area contributed by atoms with Crippen LogP contribution in [0.15, 0.2) is 29.3 Å². The maximum atomic E-state index is 12.8. The number of carbonyl (C=O) groups is 1. The highest BCUT2D eigenvalue weighted by atomic mass is 35.5. The van der Waals surface area contributed by atoms with Crippen molar-refractivity contribution in [3.63, 3.8) is 0 Å². The Morgan fingerprint density at radius 1 is 1.20 bits per heavy atom. The number of carbonyl (C=O) groups excluding carboxylic acids is 1. The Morgan fingerprint density at radius 2 is 2.00 bits per heavy atom. The molecule has 7 rings (SSSR count). The van der Waals surface area contributed by atoms with Gasteiger partial charge in [0.2, 0.25) is 5.91 Å². The summed E-state index contributed by atoms with van der Waals surface area (Å²) in [5.74, 6) is 2.38. The minimum Gasteiger partial charge on any atom is -0.353 e. The number of amides is 1. The number of nitrogens with zero attached hydrogens (tertiary/aromatic N) is 4. The molecule has 35 heavy (non-hydrogen) atoms. The molecule has 4 aliphatic rings. The summed E-state index contributed by atoms with van der Waals surface area (Å²) >= 11 is 8.56. The zero-order chi connectivity index (χ0) is 23.7. The summed E-state index contributed by atoms with van der Waals surface area (Å²) in [6, 6.07) is 8.39. The van der Waals surface area contributed by atoms with Crippen molar-refractivity contribution in [2.24, 2.45) is 10.9 Å². The minimum atomic E-state index is -0.319. The highest BCUT2D eigenvalue weighted by Gasteiger charge is 2.52. The summed E-state index contributed by atoms with van der Waals surface area (Å²) in [7, 11) is 0. The van der Waals surface area contributed by atoms with Gasteiger partial charge in [0.15, 0.2) is 5.82 Å². The first kappa shape index (κ1) is 21.7. The van der Waals surface area contributed by atoms with E-state index in [-0.39, 0.29) is 11.4 Å². The van der Waals surface area contributed by atoms with Crippen LogP contribution in [0.2, 0.25) is 5.02 Å². The topological polar surface area (TPSA) is 72.2 Å². The van der Waals surface area contributed by atoms with Crippen LogP contribution < -0.4 is 5.32 Å². The van der Waals surface area contributed by atoms with Gasteiger partial charge < -0.3 is 5.32 Å². The van der Waals surface area contributed by atoms with Gasteiger partial charge in [-0.1, -0.05) is 42.6 Å². The van der Waals surface area contributed by atoms with E-state index < -0.39 is 0 Å². The number of hydrogen-bond acceptors (Lipinski definition) is 5. The molecule has 2 saturated carbocycles. The first-order chi connectivity index (χ1) is 17.0. The van der Waals surface area contributed by atoms with E-state index >= 15 is 0 Å². The molecular formula is C27H28ClN5OS. The van der Waals surface area contributed by atoms with Gasteiger partial charge in [0.1, 0.15) is 16.4 Å². The lowest BCUT2D eigenvalue weighted by atomic mass is 9.96. The van der Waals surface area contributed by atoms with Crippen LogP contribution in [0.5, 0.6) is 0 Å². The number of nitrogens with one attached hydrogen (secondary N) is 1. The molecular weight excluding hydrogens is 478 g/mol. The van der Waals surface area contributed by atoms with Crippen molar-refractivity contribution in [3.8, 4) is 5.00 Å². The van der Waals surface area contributed by atoms with Crippen LogP contribution in [-0.4, -0.2) is 32.4 Å². The number of rotatable bonds is 4. The molecule has 180 valence electrons. The Morgan fingerprint density at radius 3 is 2.77 bits per heavy atom. The summed E-state index contributed by atoms with van der Waals surface area (Å²) < 4.78 is 2.24. The van der Waals surface area contributed by atoms with E-state index in [9.17, 15) is 4.79 Å². The second-order valence-electron chi connectivity index (χ2n) is 10.6. The number of aryl methyl sites for hydroxylation is 1.